The Kier molecular flexibility index (Phi) is 4.09. The number of guanidine groups is 1. The third kappa shape index (κ3) is 3.27. The van der Waals surface area contributed by atoms with Crippen LogP contribution >= 0.6 is 0 Å². The summed E-state index contributed by atoms with van der Waals surface area (Å²) in [6.45, 7) is 3.99. The number of aliphatic imine (C=N–C) groups is 1. The first-order valence-corrected chi connectivity index (χ1v) is 7.66. The zero-order valence-electron chi connectivity index (χ0n) is 12.6. The van der Waals surface area contributed by atoms with E-state index < -0.39 is 0 Å². The monoisotopic (exact) mass is 299 g/mol. The van der Waals surface area contributed by atoms with Crippen LogP contribution in [0.4, 0.5) is 5.95 Å². The Morgan fingerprint density at radius 1 is 1.27 bits per heavy atom. The van der Waals surface area contributed by atoms with Gasteiger partial charge in [-0.2, -0.15) is 5.26 Å². The predicted octanol–water partition coefficient (Wildman–Crippen LogP) is 0.607. The quantitative estimate of drug-likeness (QED) is 0.646. The van der Waals surface area contributed by atoms with Crippen LogP contribution in [0, 0.1) is 16.7 Å². The van der Waals surface area contributed by atoms with Crippen molar-refractivity contribution in [3.63, 3.8) is 0 Å². The van der Waals surface area contributed by atoms with Gasteiger partial charge in [0.1, 0.15) is 0 Å². The second-order valence-corrected chi connectivity index (χ2v) is 6.03. The summed E-state index contributed by atoms with van der Waals surface area (Å²) in [5.41, 5.74) is 6.22. The summed E-state index contributed by atoms with van der Waals surface area (Å²) in [7, 11) is 0. The summed E-state index contributed by atoms with van der Waals surface area (Å²) < 4.78 is 0. The lowest BCUT2D eigenvalue weighted by Gasteiger charge is -2.35. The van der Waals surface area contributed by atoms with Gasteiger partial charge in [-0.25, -0.2) is 9.97 Å². The van der Waals surface area contributed by atoms with Crippen LogP contribution < -0.4 is 10.6 Å². The third-order valence-corrected chi connectivity index (χ3v) is 4.43. The molecule has 7 nitrogen and oxygen atoms in total. The van der Waals surface area contributed by atoms with E-state index in [4.69, 9.17) is 11.0 Å². The molecule has 0 radical (unpaired) electrons. The molecule has 1 saturated carbocycles. The van der Waals surface area contributed by atoms with Crippen LogP contribution in [0.1, 0.15) is 19.3 Å². The summed E-state index contributed by atoms with van der Waals surface area (Å²) >= 11 is 0. The molecule has 0 unspecified atom stereocenters. The summed E-state index contributed by atoms with van der Waals surface area (Å²) in [6, 6.07) is 4.07. The van der Waals surface area contributed by atoms with Crippen molar-refractivity contribution in [1.29, 1.82) is 5.26 Å². The number of aromatic nitrogens is 2. The summed E-state index contributed by atoms with van der Waals surface area (Å²) in [5.74, 6) is 1.36. The van der Waals surface area contributed by atoms with E-state index in [2.05, 4.69) is 30.8 Å². The molecule has 0 bridgehead atoms. The number of nitrogens with zero attached hydrogens (tertiary/aromatic N) is 6. The standard InChI is InChI=1S/C15H21N7/c16-5-4-15(2-3-15)12-20-13(17)21-8-10-22(11-9-21)14-18-6-1-7-19-14/h1,6-7H,2-4,8-12H2,(H2,17,20). The van der Waals surface area contributed by atoms with Gasteiger partial charge in [-0.3, -0.25) is 4.99 Å². The van der Waals surface area contributed by atoms with Gasteiger partial charge in [0.25, 0.3) is 0 Å². The van der Waals surface area contributed by atoms with Crippen molar-refractivity contribution in [3.8, 4) is 6.07 Å². The lowest BCUT2D eigenvalue weighted by Crippen LogP contribution is -2.51. The second kappa shape index (κ2) is 6.18. The third-order valence-electron chi connectivity index (χ3n) is 4.43. The molecule has 0 amide bonds. The molecular formula is C15H21N7. The first-order valence-electron chi connectivity index (χ1n) is 7.66. The van der Waals surface area contributed by atoms with Gasteiger partial charge >= 0.3 is 0 Å². The molecule has 7 heteroatoms. The van der Waals surface area contributed by atoms with Crippen LogP contribution in [0.2, 0.25) is 0 Å². The minimum absolute atomic E-state index is 0.110. The molecule has 1 saturated heterocycles. The molecule has 2 heterocycles. The van der Waals surface area contributed by atoms with Crippen molar-refractivity contribution in [2.24, 2.45) is 16.1 Å². The van der Waals surface area contributed by atoms with Gasteiger partial charge in [0.2, 0.25) is 5.95 Å². The topological polar surface area (TPSA) is 94.4 Å². The second-order valence-electron chi connectivity index (χ2n) is 6.03. The predicted molar refractivity (Wildman–Crippen MR) is 84.2 cm³/mol. The van der Waals surface area contributed by atoms with E-state index in [1.165, 1.54) is 0 Å². The van der Waals surface area contributed by atoms with Crippen LogP contribution in [0.25, 0.3) is 0 Å². The lowest BCUT2D eigenvalue weighted by atomic mass is 10.0. The zero-order valence-corrected chi connectivity index (χ0v) is 12.6. The molecule has 1 aromatic heterocycles. The van der Waals surface area contributed by atoms with Gasteiger partial charge in [0, 0.05) is 57.0 Å². The van der Waals surface area contributed by atoms with Gasteiger partial charge in [0.15, 0.2) is 5.96 Å². The maximum atomic E-state index is 8.84. The number of rotatable bonds is 4. The Morgan fingerprint density at radius 2 is 1.95 bits per heavy atom. The molecular weight excluding hydrogens is 278 g/mol. The Morgan fingerprint density at radius 3 is 2.55 bits per heavy atom. The number of nitrogens with two attached hydrogens (primary N) is 1. The van der Waals surface area contributed by atoms with E-state index in [-0.39, 0.29) is 5.41 Å². The van der Waals surface area contributed by atoms with Crippen LogP contribution in [-0.2, 0) is 0 Å². The van der Waals surface area contributed by atoms with E-state index in [9.17, 15) is 0 Å². The normalized spacial score (nSPS) is 20.6. The van der Waals surface area contributed by atoms with Gasteiger partial charge in [-0.05, 0) is 18.9 Å². The minimum Gasteiger partial charge on any atom is -0.370 e. The summed E-state index contributed by atoms with van der Waals surface area (Å²) in [6.07, 6.45) is 6.29. The largest absolute Gasteiger partial charge is 0.370 e. The molecule has 0 aromatic carbocycles. The molecule has 2 N–H and O–H groups in total. The molecule has 2 aliphatic rings. The van der Waals surface area contributed by atoms with Crippen molar-refractivity contribution in [3.05, 3.63) is 18.5 Å². The Labute approximate surface area is 130 Å². The van der Waals surface area contributed by atoms with Crippen molar-refractivity contribution < 1.29 is 0 Å². The maximum Gasteiger partial charge on any atom is 0.225 e. The maximum absolute atomic E-state index is 8.84. The molecule has 22 heavy (non-hydrogen) atoms. The van der Waals surface area contributed by atoms with E-state index in [0.29, 0.717) is 18.9 Å². The molecule has 116 valence electrons. The number of anilines is 1. The first kappa shape index (κ1) is 14.6. The smallest absolute Gasteiger partial charge is 0.225 e. The van der Waals surface area contributed by atoms with Crippen molar-refractivity contribution >= 4 is 11.9 Å². The fourth-order valence-electron chi connectivity index (χ4n) is 2.67. The van der Waals surface area contributed by atoms with Crippen molar-refractivity contribution in [2.75, 3.05) is 37.6 Å². The van der Waals surface area contributed by atoms with Crippen LogP contribution in [0.15, 0.2) is 23.5 Å². The zero-order chi connectivity index (χ0) is 15.4. The number of nitriles is 1. The van der Waals surface area contributed by atoms with Gasteiger partial charge in [-0.15, -0.1) is 0 Å². The fraction of sp³-hybridized carbons (Fsp3) is 0.600. The number of piperazine rings is 1. The van der Waals surface area contributed by atoms with E-state index in [1.807, 2.05) is 6.07 Å². The fourth-order valence-corrected chi connectivity index (χ4v) is 2.67. The average Bonchev–Trinajstić information content (AvgIpc) is 3.34. The first-order chi connectivity index (χ1) is 10.7. The van der Waals surface area contributed by atoms with E-state index in [1.54, 1.807) is 12.4 Å². The molecule has 0 spiro atoms. The molecule has 0 atom stereocenters. The summed E-state index contributed by atoms with van der Waals surface area (Å²) in [4.78, 5) is 17.3. The molecule has 3 rings (SSSR count). The lowest BCUT2D eigenvalue weighted by molar-refractivity contribution is 0.376. The molecule has 1 aromatic rings. The van der Waals surface area contributed by atoms with Gasteiger partial charge in [0.05, 0.1) is 6.07 Å². The number of hydrogen-bond acceptors (Lipinski definition) is 5. The minimum atomic E-state index is 0.110. The Balaban J connectivity index is 1.52. The Bertz CT molecular complexity index is 565. The van der Waals surface area contributed by atoms with Crippen molar-refractivity contribution in [2.45, 2.75) is 19.3 Å². The molecule has 1 aliphatic carbocycles. The molecule has 2 fully saturated rings. The highest BCUT2D eigenvalue weighted by atomic mass is 15.4. The van der Waals surface area contributed by atoms with Crippen LogP contribution in [0.5, 0.6) is 0 Å². The van der Waals surface area contributed by atoms with Gasteiger partial charge in [-0.1, -0.05) is 0 Å². The highest BCUT2D eigenvalue weighted by Gasteiger charge is 2.42. The van der Waals surface area contributed by atoms with E-state index >= 15 is 0 Å². The van der Waals surface area contributed by atoms with E-state index in [0.717, 1.165) is 45.0 Å². The Hall–Kier alpha value is -2.36. The van der Waals surface area contributed by atoms with Crippen molar-refractivity contribution in [1.82, 2.24) is 14.9 Å². The van der Waals surface area contributed by atoms with Crippen LogP contribution in [0.3, 0.4) is 0 Å². The average molecular weight is 299 g/mol. The highest BCUT2D eigenvalue weighted by Crippen LogP contribution is 2.48. The van der Waals surface area contributed by atoms with Crippen LogP contribution in [-0.4, -0.2) is 53.6 Å². The SMILES string of the molecule is N#CCC1(CN=C(N)N2CCN(c3ncccn3)CC2)CC1. The number of hydrogen-bond donors (Lipinski definition) is 1. The van der Waals surface area contributed by atoms with Gasteiger partial charge < -0.3 is 15.5 Å². The molecule has 1 aliphatic heterocycles. The summed E-state index contributed by atoms with van der Waals surface area (Å²) in [5, 5.41) is 8.84. The highest BCUT2D eigenvalue weighted by molar-refractivity contribution is 5.78.